The quantitative estimate of drug-likeness (QED) is 0.599. The summed E-state index contributed by atoms with van der Waals surface area (Å²) in [4.78, 5) is 41.9. The Labute approximate surface area is 154 Å². The highest BCUT2D eigenvalue weighted by molar-refractivity contribution is 6.00. The SMILES string of the molecule is CCCCNC(=O)C1CCCN(C(=O)c2[nH]c(C)c(C(=O)OC)c2C)C1. The Morgan fingerprint density at radius 3 is 2.69 bits per heavy atom. The van der Waals surface area contributed by atoms with Gasteiger partial charge in [-0.1, -0.05) is 13.3 Å². The smallest absolute Gasteiger partial charge is 0.339 e. The van der Waals surface area contributed by atoms with Crippen molar-refractivity contribution >= 4 is 17.8 Å². The van der Waals surface area contributed by atoms with Gasteiger partial charge in [-0.05, 0) is 38.7 Å². The van der Waals surface area contributed by atoms with Crippen LogP contribution in [0.25, 0.3) is 0 Å². The number of unbranched alkanes of at least 4 members (excludes halogenated alkanes) is 1. The molecule has 0 aliphatic carbocycles. The minimum Gasteiger partial charge on any atom is -0.465 e. The van der Waals surface area contributed by atoms with E-state index >= 15 is 0 Å². The van der Waals surface area contributed by atoms with E-state index in [4.69, 9.17) is 4.74 Å². The molecule has 26 heavy (non-hydrogen) atoms. The van der Waals surface area contributed by atoms with E-state index in [0.29, 0.717) is 42.1 Å². The van der Waals surface area contributed by atoms with E-state index in [0.717, 1.165) is 25.7 Å². The molecule has 7 heteroatoms. The first-order valence-corrected chi connectivity index (χ1v) is 9.25. The van der Waals surface area contributed by atoms with Gasteiger partial charge in [0.15, 0.2) is 0 Å². The maximum atomic E-state index is 12.9. The molecule has 1 aromatic rings. The normalized spacial score (nSPS) is 17.1. The Kier molecular flexibility index (Phi) is 6.83. The van der Waals surface area contributed by atoms with Crippen LogP contribution in [0.5, 0.6) is 0 Å². The Bertz CT molecular complexity index is 681. The number of methoxy groups -OCH3 is 1. The average Bonchev–Trinajstić information content (AvgIpc) is 2.95. The largest absolute Gasteiger partial charge is 0.465 e. The topological polar surface area (TPSA) is 91.5 Å². The van der Waals surface area contributed by atoms with Crippen LogP contribution in [0.4, 0.5) is 0 Å². The molecule has 0 aromatic carbocycles. The Morgan fingerprint density at radius 1 is 1.31 bits per heavy atom. The summed E-state index contributed by atoms with van der Waals surface area (Å²) in [6, 6.07) is 0. The monoisotopic (exact) mass is 363 g/mol. The molecule has 0 saturated carbocycles. The number of likely N-dealkylation sites (tertiary alicyclic amines) is 1. The number of piperidine rings is 1. The number of H-pyrrole nitrogens is 1. The van der Waals surface area contributed by atoms with E-state index in [1.807, 2.05) is 0 Å². The van der Waals surface area contributed by atoms with Crippen molar-refractivity contribution in [3.05, 3.63) is 22.5 Å². The van der Waals surface area contributed by atoms with Crippen molar-refractivity contribution in [1.29, 1.82) is 0 Å². The number of hydrogen-bond acceptors (Lipinski definition) is 4. The molecule has 1 fully saturated rings. The first kappa shape index (κ1) is 20.0. The van der Waals surface area contributed by atoms with Gasteiger partial charge in [0.1, 0.15) is 5.69 Å². The fourth-order valence-electron chi connectivity index (χ4n) is 3.44. The van der Waals surface area contributed by atoms with Gasteiger partial charge in [-0.2, -0.15) is 0 Å². The number of hydrogen-bond donors (Lipinski definition) is 2. The van der Waals surface area contributed by atoms with Crippen molar-refractivity contribution in [2.45, 2.75) is 46.5 Å². The van der Waals surface area contributed by atoms with Crippen molar-refractivity contribution in [3.8, 4) is 0 Å². The fourth-order valence-corrected chi connectivity index (χ4v) is 3.44. The molecule has 2 heterocycles. The van der Waals surface area contributed by atoms with Crippen LogP contribution in [0.15, 0.2) is 0 Å². The second kappa shape index (κ2) is 8.87. The third-order valence-corrected chi connectivity index (χ3v) is 4.95. The molecule has 1 saturated heterocycles. The second-order valence-corrected chi connectivity index (χ2v) is 6.85. The molecule has 0 spiro atoms. The van der Waals surface area contributed by atoms with E-state index in [1.165, 1.54) is 7.11 Å². The molecule has 1 unspecified atom stereocenters. The highest BCUT2D eigenvalue weighted by atomic mass is 16.5. The van der Waals surface area contributed by atoms with E-state index in [1.54, 1.807) is 18.7 Å². The number of rotatable bonds is 6. The summed E-state index contributed by atoms with van der Waals surface area (Å²) in [5.41, 5.74) is 2.01. The molecule has 144 valence electrons. The van der Waals surface area contributed by atoms with Crippen molar-refractivity contribution in [1.82, 2.24) is 15.2 Å². The Balaban J connectivity index is 2.10. The number of aromatic amines is 1. The summed E-state index contributed by atoms with van der Waals surface area (Å²) in [7, 11) is 1.32. The van der Waals surface area contributed by atoms with Gasteiger partial charge >= 0.3 is 5.97 Å². The summed E-state index contributed by atoms with van der Waals surface area (Å²) < 4.78 is 4.79. The fraction of sp³-hybridized carbons (Fsp3) is 0.632. The third kappa shape index (κ3) is 4.26. The lowest BCUT2D eigenvalue weighted by molar-refractivity contribution is -0.126. The first-order chi connectivity index (χ1) is 12.4. The molecule has 2 amide bonds. The van der Waals surface area contributed by atoms with Crippen molar-refractivity contribution < 1.29 is 19.1 Å². The number of carbonyl (C=O) groups is 3. The van der Waals surface area contributed by atoms with Gasteiger partial charge in [0.2, 0.25) is 5.91 Å². The predicted octanol–water partition coefficient (Wildman–Crippen LogP) is 2.19. The Morgan fingerprint density at radius 2 is 2.04 bits per heavy atom. The van der Waals surface area contributed by atoms with Crippen LogP contribution in [0, 0.1) is 19.8 Å². The van der Waals surface area contributed by atoms with Crippen LogP contribution >= 0.6 is 0 Å². The molecule has 7 nitrogen and oxygen atoms in total. The van der Waals surface area contributed by atoms with Crippen LogP contribution in [-0.2, 0) is 9.53 Å². The zero-order valence-corrected chi connectivity index (χ0v) is 16.1. The minimum absolute atomic E-state index is 0.0191. The molecular formula is C19H29N3O4. The number of carbonyl (C=O) groups excluding carboxylic acids is 3. The zero-order chi connectivity index (χ0) is 19.3. The van der Waals surface area contributed by atoms with Gasteiger partial charge in [0, 0.05) is 25.3 Å². The maximum Gasteiger partial charge on any atom is 0.339 e. The number of nitrogens with zero attached hydrogens (tertiary/aromatic N) is 1. The molecule has 1 aliphatic heterocycles. The van der Waals surface area contributed by atoms with Crippen molar-refractivity contribution in [2.24, 2.45) is 5.92 Å². The number of nitrogens with one attached hydrogen (secondary N) is 2. The van der Waals surface area contributed by atoms with E-state index in [9.17, 15) is 14.4 Å². The standard InChI is InChI=1S/C19H29N3O4/c1-5-6-9-20-17(23)14-8-7-10-22(11-14)18(24)16-12(2)15(13(3)21-16)19(25)26-4/h14,21H,5-11H2,1-4H3,(H,20,23). The highest BCUT2D eigenvalue weighted by Crippen LogP contribution is 2.23. The lowest BCUT2D eigenvalue weighted by Crippen LogP contribution is -2.45. The van der Waals surface area contributed by atoms with Crippen LogP contribution < -0.4 is 5.32 Å². The molecule has 1 atom stereocenters. The van der Waals surface area contributed by atoms with Gasteiger partial charge in [-0.3, -0.25) is 9.59 Å². The summed E-state index contributed by atoms with van der Waals surface area (Å²) in [6.07, 6.45) is 3.57. The summed E-state index contributed by atoms with van der Waals surface area (Å²) in [5, 5.41) is 2.95. The van der Waals surface area contributed by atoms with Crippen LogP contribution in [0.3, 0.4) is 0 Å². The number of amides is 2. The van der Waals surface area contributed by atoms with Gasteiger partial charge in [0.05, 0.1) is 18.6 Å². The number of aromatic nitrogens is 1. The van der Waals surface area contributed by atoms with Crippen LogP contribution in [-0.4, -0.2) is 54.4 Å². The molecule has 1 aromatic heterocycles. The minimum atomic E-state index is -0.456. The summed E-state index contributed by atoms with van der Waals surface area (Å²) in [5.74, 6) is -0.791. The van der Waals surface area contributed by atoms with Crippen LogP contribution in [0.1, 0.15) is 64.7 Å². The molecule has 2 rings (SSSR count). The third-order valence-electron chi connectivity index (χ3n) is 4.95. The van der Waals surface area contributed by atoms with Gasteiger partial charge < -0.3 is 19.9 Å². The maximum absolute atomic E-state index is 12.9. The van der Waals surface area contributed by atoms with Crippen molar-refractivity contribution in [3.63, 3.8) is 0 Å². The Hall–Kier alpha value is -2.31. The molecule has 1 aliphatic rings. The molecule has 2 N–H and O–H groups in total. The van der Waals surface area contributed by atoms with Gasteiger partial charge in [-0.25, -0.2) is 4.79 Å². The summed E-state index contributed by atoms with van der Waals surface area (Å²) in [6.45, 7) is 7.26. The lowest BCUT2D eigenvalue weighted by Gasteiger charge is -2.32. The number of ether oxygens (including phenoxy) is 1. The molecular weight excluding hydrogens is 334 g/mol. The van der Waals surface area contributed by atoms with E-state index < -0.39 is 5.97 Å². The zero-order valence-electron chi connectivity index (χ0n) is 16.1. The number of esters is 1. The molecule has 0 bridgehead atoms. The van der Waals surface area contributed by atoms with E-state index in [-0.39, 0.29) is 17.7 Å². The summed E-state index contributed by atoms with van der Waals surface area (Å²) >= 11 is 0. The predicted molar refractivity (Wildman–Crippen MR) is 98.2 cm³/mol. The van der Waals surface area contributed by atoms with Crippen LogP contribution in [0.2, 0.25) is 0 Å². The first-order valence-electron chi connectivity index (χ1n) is 9.25. The highest BCUT2D eigenvalue weighted by Gasteiger charge is 2.31. The average molecular weight is 363 g/mol. The van der Waals surface area contributed by atoms with Gasteiger partial charge in [0.25, 0.3) is 5.91 Å². The van der Waals surface area contributed by atoms with Crippen molar-refractivity contribution in [2.75, 3.05) is 26.7 Å². The van der Waals surface area contributed by atoms with E-state index in [2.05, 4.69) is 17.2 Å². The van der Waals surface area contributed by atoms with Gasteiger partial charge in [-0.15, -0.1) is 0 Å². The lowest BCUT2D eigenvalue weighted by atomic mass is 9.96. The number of aryl methyl sites for hydroxylation is 1. The second-order valence-electron chi connectivity index (χ2n) is 6.85. The molecule has 0 radical (unpaired) electrons.